The fourth-order valence-electron chi connectivity index (χ4n) is 12.9. The lowest BCUT2D eigenvalue weighted by molar-refractivity contribution is -0.224. The minimum atomic E-state index is -1.57. The lowest BCUT2D eigenvalue weighted by Gasteiger charge is -2.65. The molecule has 0 bridgehead atoms. The third kappa shape index (κ3) is 7.35. The van der Waals surface area contributed by atoms with Gasteiger partial charge in [0.05, 0.1) is 60.6 Å². The maximum Gasteiger partial charge on any atom is 0.180 e. The highest BCUT2D eigenvalue weighted by molar-refractivity contribution is 6.42. The molecule has 11 nitrogen and oxygen atoms in total. The van der Waals surface area contributed by atoms with Crippen LogP contribution < -0.4 is 11.1 Å². The molecule has 2 heterocycles. The van der Waals surface area contributed by atoms with E-state index in [1.807, 2.05) is 6.92 Å². The maximum absolute atomic E-state index is 14.9. The number of hydrogen-bond donors (Lipinski definition) is 8. The van der Waals surface area contributed by atoms with Crippen LogP contribution in [0.2, 0.25) is 0 Å². The average molecular weight is 748 g/mol. The molecule has 0 amide bonds. The van der Waals surface area contributed by atoms with E-state index in [2.05, 4.69) is 19.2 Å². The Morgan fingerprint density at radius 2 is 1.83 bits per heavy atom. The number of hydrogen-bond acceptors (Lipinski definition) is 11. The molecule has 0 aromatic rings. The van der Waals surface area contributed by atoms with E-state index < -0.39 is 70.3 Å². The van der Waals surface area contributed by atoms with Gasteiger partial charge in [-0.3, -0.25) is 9.79 Å². The molecule has 11 heteroatoms. The van der Waals surface area contributed by atoms with Crippen LogP contribution in [0.5, 0.6) is 0 Å². The summed E-state index contributed by atoms with van der Waals surface area (Å²) in [7, 11) is 0. The van der Waals surface area contributed by atoms with Crippen molar-refractivity contribution in [3.05, 3.63) is 0 Å². The number of aliphatic imine (C=N–C) groups is 1. The largest absolute Gasteiger partial charge is 0.391 e. The number of nitrogens with one attached hydrogen (secondary N) is 1. The number of Topliss-reactive ketones (excluding diaryl/α,β-unsaturated/α-hetero) is 1. The molecular weight excluding hydrogens is 674 g/mol. The van der Waals surface area contributed by atoms with E-state index in [1.165, 1.54) is 19.3 Å². The van der Waals surface area contributed by atoms with Gasteiger partial charge in [-0.1, -0.05) is 46.5 Å². The van der Waals surface area contributed by atoms with Crippen molar-refractivity contribution < 1.29 is 40.2 Å². The van der Waals surface area contributed by atoms with E-state index >= 15 is 0 Å². The van der Waals surface area contributed by atoms with Crippen LogP contribution in [0.1, 0.15) is 131 Å². The monoisotopic (exact) mass is 748 g/mol. The van der Waals surface area contributed by atoms with Crippen molar-refractivity contribution in [3.8, 4) is 0 Å². The molecule has 9 N–H and O–H groups in total. The Hall–Kier alpha value is -1.02. The zero-order valence-corrected chi connectivity index (χ0v) is 33.3. The summed E-state index contributed by atoms with van der Waals surface area (Å²) >= 11 is 0. The second kappa shape index (κ2) is 16.1. The highest BCUT2D eigenvalue weighted by Gasteiger charge is 2.74. The smallest absolute Gasteiger partial charge is 0.180 e. The van der Waals surface area contributed by atoms with Crippen LogP contribution in [-0.2, 0) is 9.53 Å². The summed E-state index contributed by atoms with van der Waals surface area (Å²) in [5.74, 6) is -1.32. The highest BCUT2D eigenvalue weighted by Crippen LogP contribution is 2.70. The van der Waals surface area contributed by atoms with Crippen molar-refractivity contribution in [3.63, 3.8) is 0 Å². The van der Waals surface area contributed by atoms with Crippen molar-refractivity contribution in [1.82, 2.24) is 5.32 Å². The molecule has 4 saturated carbocycles. The van der Waals surface area contributed by atoms with Gasteiger partial charge >= 0.3 is 0 Å². The van der Waals surface area contributed by atoms with Gasteiger partial charge in [0.15, 0.2) is 5.78 Å². The standard InChI is InChI=1S/C42H73N3O8/c1-6-7-8-9-10-27-23-53-37(25(27)3)38(50)40(5,51)32-15-18-42(52)34-28(14-16-39(32,42)4)41(17-13-26-11-12-33(43)44-22-26)20-31(48)30(47)19-29(41)36(49)35(34)45-21-24(2)46/h24-34,37-38,44,46-48,50-52H,6-23,43H2,1-5H3/t24-,25-,26?,27-,28+,29+,30+,31-,32+,33?,34-,37+,38+,39+,40+,41+,42-/m0/s1. The number of aliphatic hydroxyl groups excluding tert-OH is 4. The molecule has 0 radical (unpaired) electrons. The number of ether oxygens (including phenoxy) is 1. The summed E-state index contributed by atoms with van der Waals surface area (Å²) in [5.41, 5.74) is 1.91. The third-order valence-corrected chi connectivity index (χ3v) is 16.2. The average Bonchev–Trinajstić information content (AvgIpc) is 3.62. The Balaban J connectivity index is 1.32. The van der Waals surface area contributed by atoms with Crippen molar-refractivity contribution in [2.45, 2.75) is 179 Å². The topological polar surface area (TPSA) is 198 Å². The van der Waals surface area contributed by atoms with E-state index in [4.69, 9.17) is 15.5 Å². The predicted octanol–water partition coefficient (Wildman–Crippen LogP) is 3.48. The lowest BCUT2D eigenvalue weighted by Crippen LogP contribution is -2.70. The first kappa shape index (κ1) is 41.6. The molecule has 0 spiro atoms. The predicted molar refractivity (Wildman–Crippen MR) is 204 cm³/mol. The molecule has 6 aliphatic rings. The number of fused-ring (bicyclic) bond motifs is 5. The molecule has 0 aromatic heterocycles. The van der Waals surface area contributed by atoms with Crippen molar-refractivity contribution in [1.29, 1.82) is 0 Å². The van der Waals surface area contributed by atoms with E-state index in [0.717, 1.165) is 38.6 Å². The Labute approximate surface area is 317 Å². The van der Waals surface area contributed by atoms with Gasteiger partial charge in [0.1, 0.15) is 6.10 Å². The molecule has 4 aliphatic carbocycles. The van der Waals surface area contributed by atoms with E-state index in [-0.39, 0.29) is 43.2 Å². The summed E-state index contributed by atoms with van der Waals surface area (Å²) < 4.78 is 6.27. The van der Waals surface area contributed by atoms with Crippen molar-refractivity contribution in [2.75, 3.05) is 19.7 Å². The van der Waals surface area contributed by atoms with Gasteiger partial charge in [-0.05, 0) is 126 Å². The van der Waals surface area contributed by atoms with E-state index in [1.54, 1.807) is 13.8 Å². The SMILES string of the molecule is CCCCCC[C@H]1CO[C@@H]([C@@H](O)[C@](C)(O)[C@@H]2CC[C@]3(O)[C@@H]4C(=NC[C@H](C)O)C(=O)[C@H]5C[C@@H](O)[C@@H](O)C[C@]5(CCC5CCC(N)NC5)[C@@H]4CC[C@]23C)[C@H]1C. The molecule has 6 rings (SSSR count). The first-order valence-corrected chi connectivity index (χ1v) is 21.4. The zero-order valence-electron chi connectivity index (χ0n) is 33.3. The van der Waals surface area contributed by atoms with Crippen LogP contribution in [0.3, 0.4) is 0 Å². The van der Waals surface area contributed by atoms with Crippen LogP contribution in [0, 0.1) is 52.3 Å². The first-order chi connectivity index (χ1) is 25.0. The molecule has 2 saturated heterocycles. The van der Waals surface area contributed by atoms with Crippen LogP contribution in [0.4, 0.5) is 0 Å². The van der Waals surface area contributed by atoms with Gasteiger partial charge in [-0.2, -0.15) is 0 Å². The normalized spacial score (nSPS) is 47.4. The maximum atomic E-state index is 14.9. The number of nitrogens with zero attached hydrogens (tertiary/aromatic N) is 1. The Kier molecular flexibility index (Phi) is 12.6. The quantitative estimate of drug-likeness (QED) is 0.129. The molecule has 6 fully saturated rings. The van der Waals surface area contributed by atoms with Crippen LogP contribution in [0.25, 0.3) is 0 Å². The molecule has 2 unspecified atom stereocenters. The summed E-state index contributed by atoms with van der Waals surface area (Å²) in [6, 6.07) is 0. The first-order valence-electron chi connectivity index (χ1n) is 21.4. The molecule has 0 aromatic carbocycles. The Bertz CT molecular complexity index is 1300. The Morgan fingerprint density at radius 3 is 2.51 bits per heavy atom. The zero-order chi connectivity index (χ0) is 38.5. The van der Waals surface area contributed by atoms with Gasteiger partial charge in [-0.15, -0.1) is 0 Å². The number of rotatable bonds is 13. The van der Waals surface area contributed by atoms with Crippen molar-refractivity contribution >= 4 is 11.5 Å². The third-order valence-electron chi connectivity index (χ3n) is 16.2. The Morgan fingerprint density at radius 1 is 1.08 bits per heavy atom. The summed E-state index contributed by atoms with van der Waals surface area (Å²) in [6.07, 6.45) is 7.07. The van der Waals surface area contributed by atoms with Crippen LogP contribution in [0.15, 0.2) is 4.99 Å². The lowest BCUT2D eigenvalue weighted by atomic mass is 9.40. The molecule has 53 heavy (non-hydrogen) atoms. The number of ketones is 1. The minimum absolute atomic E-state index is 0.0196. The highest BCUT2D eigenvalue weighted by atomic mass is 16.5. The van der Waals surface area contributed by atoms with Crippen LogP contribution >= 0.6 is 0 Å². The number of aliphatic hydroxyl groups is 6. The fourth-order valence-corrected chi connectivity index (χ4v) is 12.9. The van der Waals surface area contributed by atoms with Gasteiger partial charge in [0.2, 0.25) is 0 Å². The number of piperidine rings is 1. The van der Waals surface area contributed by atoms with E-state index in [0.29, 0.717) is 56.3 Å². The summed E-state index contributed by atoms with van der Waals surface area (Å²) in [6.45, 7) is 11.1. The van der Waals surface area contributed by atoms with Crippen LogP contribution in [-0.4, -0.2) is 110 Å². The number of nitrogens with two attached hydrogens (primary N) is 1. The second-order valence-corrected chi connectivity index (χ2v) is 19.3. The summed E-state index contributed by atoms with van der Waals surface area (Å²) in [4.78, 5) is 19.7. The molecule has 2 aliphatic heterocycles. The molecule has 17 atom stereocenters. The second-order valence-electron chi connectivity index (χ2n) is 19.3. The van der Waals surface area contributed by atoms with Gasteiger partial charge in [0.25, 0.3) is 0 Å². The number of unbranched alkanes of at least 4 members (excludes halogenated alkanes) is 3. The molecular formula is C42H73N3O8. The fraction of sp³-hybridized carbons (Fsp3) is 0.952. The van der Waals surface area contributed by atoms with Gasteiger partial charge < -0.3 is 46.4 Å². The van der Waals surface area contributed by atoms with E-state index in [9.17, 15) is 35.4 Å². The molecule has 304 valence electrons. The van der Waals surface area contributed by atoms with Gasteiger partial charge in [-0.25, -0.2) is 0 Å². The minimum Gasteiger partial charge on any atom is -0.391 e. The number of carbonyl (C=O) groups is 1. The van der Waals surface area contributed by atoms with Crippen molar-refractivity contribution in [2.24, 2.45) is 63.0 Å². The number of carbonyl (C=O) groups excluding carboxylic acids is 1. The van der Waals surface area contributed by atoms with Gasteiger partial charge in [0, 0.05) is 17.3 Å². The summed E-state index contributed by atoms with van der Waals surface area (Å²) in [5, 5.41) is 73.9.